The lowest BCUT2D eigenvalue weighted by Gasteiger charge is -2.29. The lowest BCUT2D eigenvalue weighted by Crippen LogP contribution is -2.16. The van der Waals surface area contributed by atoms with Gasteiger partial charge in [0.1, 0.15) is 11.2 Å². The molecule has 2 nitrogen and oxygen atoms in total. The average molecular weight is 628 g/mol. The van der Waals surface area contributed by atoms with Crippen LogP contribution in [0.4, 0.5) is 17.1 Å². The van der Waals surface area contributed by atoms with E-state index in [1.54, 1.807) is 0 Å². The third-order valence-electron chi connectivity index (χ3n) is 10.6. The minimum atomic E-state index is -0.0849. The lowest BCUT2D eigenvalue weighted by molar-refractivity contribution is 0.660. The van der Waals surface area contributed by atoms with Gasteiger partial charge in [-0.05, 0) is 104 Å². The molecule has 2 heteroatoms. The molecule has 0 fully saturated rings. The van der Waals surface area contributed by atoms with E-state index in [4.69, 9.17) is 4.42 Å². The first-order chi connectivity index (χ1) is 24.0. The third kappa shape index (κ3) is 4.27. The predicted molar refractivity (Wildman–Crippen MR) is 206 cm³/mol. The van der Waals surface area contributed by atoms with Gasteiger partial charge in [0.2, 0.25) is 0 Å². The summed E-state index contributed by atoms with van der Waals surface area (Å²) in [4.78, 5) is 2.42. The van der Waals surface area contributed by atoms with E-state index < -0.39 is 0 Å². The van der Waals surface area contributed by atoms with E-state index in [2.05, 4.69) is 183 Å². The Hall–Kier alpha value is -6.12. The van der Waals surface area contributed by atoms with Gasteiger partial charge in [-0.25, -0.2) is 0 Å². The monoisotopic (exact) mass is 627 g/mol. The van der Waals surface area contributed by atoms with Gasteiger partial charge in [-0.1, -0.05) is 123 Å². The van der Waals surface area contributed by atoms with Crippen LogP contribution in [0.5, 0.6) is 0 Å². The molecule has 0 aliphatic heterocycles. The van der Waals surface area contributed by atoms with E-state index in [9.17, 15) is 0 Å². The summed E-state index contributed by atoms with van der Waals surface area (Å²) in [6, 6.07) is 59.6. The molecule has 0 spiro atoms. The Morgan fingerprint density at radius 1 is 0.429 bits per heavy atom. The fourth-order valence-corrected chi connectivity index (χ4v) is 8.11. The molecule has 1 aliphatic rings. The van der Waals surface area contributed by atoms with E-state index in [0.29, 0.717) is 0 Å². The molecule has 0 saturated heterocycles. The van der Waals surface area contributed by atoms with Crippen LogP contribution in [0, 0.1) is 0 Å². The SMILES string of the molecule is CC1(C)c2ccccc2-c2ccc(N(c3ccc(-c4ccc5oc6cc7ccccc7cc6c5c4)cc3)c3cccc4ccccc34)cc21. The van der Waals surface area contributed by atoms with Gasteiger partial charge < -0.3 is 9.32 Å². The van der Waals surface area contributed by atoms with Gasteiger partial charge in [0.15, 0.2) is 0 Å². The first-order valence-electron chi connectivity index (χ1n) is 17.0. The molecule has 0 atom stereocenters. The molecule has 0 N–H and O–H groups in total. The van der Waals surface area contributed by atoms with Gasteiger partial charge in [-0.2, -0.15) is 0 Å². The number of hydrogen-bond donors (Lipinski definition) is 0. The topological polar surface area (TPSA) is 16.4 Å². The second-order valence-corrected chi connectivity index (χ2v) is 13.8. The summed E-state index contributed by atoms with van der Waals surface area (Å²) in [6.07, 6.45) is 0. The predicted octanol–water partition coefficient (Wildman–Crippen LogP) is 13.3. The van der Waals surface area contributed by atoms with Gasteiger partial charge in [-0.15, -0.1) is 0 Å². The van der Waals surface area contributed by atoms with Crippen molar-refractivity contribution in [1.82, 2.24) is 0 Å². The fourth-order valence-electron chi connectivity index (χ4n) is 8.11. The molecule has 0 bridgehead atoms. The standard InChI is InChI=1S/C47H33NO/c1-47(2)42-16-8-7-15-38(42)39-24-23-36(29-43(39)47)48(44-17-9-13-31-10-5-6-14-37(31)44)35-21-18-30(19-22-35)34-20-25-45-40(27-34)41-26-32-11-3-4-12-33(32)28-46(41)49-45/h3-29H,1-2H3. The van der Waals surface area contributed by atoms with E-state index in [-0.39, 0.29) is 5.41 Å². The Morgan fingerprint density at radius 2 is 1.08 bits per heavy atom. The Labute approximate surface area is 285 Å². The van der Waals surface area contributed by atoms with Crippen LogP contribution in [0.1, 0.15) is 25.0 Å². The van der Waals surface area contributed by atoms with Crippen molar-refractivity contribution in [2.75, 3.05) is 4.90 Å². The maximum atomic E-state index is 6.30. The summed E-state index contributed by atoms with van der Waals surface area (Å²) in [6.45, 7) is 4.70. The molecular weight excluding hydrogens is 595 g/mol. The zero-order valence-electron chi connectivity index (χ0n) is 27.4. The molecule has 1 aliphatic carbocycles. The first kappa shape index (κ1) is 27.9. The average Bonchev–Trinajstić information content (AvgIpc) is 3.61. The summed E-state index contributed by atoms with van der Waals surface area (Å²) in [5.41, 5.74) is 12.9. The highest BCUT2D eigenvalue weighted by Crippen LogP contribution is 2.51. The summed E-state index contributed by atoms with van der Waals surface area (Å²) in [7, 11) is 0. The molecule has 0 saturated carbocycles. The number of hydrogen-bond acceptors (Lipinski definition) is 2. The summed E-state index contributed by atoms with van der Waals surface area (Å²) in [5.74, 6) is 0. The van der Waals surface area contributed by atoms with E-state index in [1.165, 1.54) is 54.9 Å². The minimum absolute atomic E-state index is 0.0849. The van der Waals surface area contributed by atoms with Gasteiger partial charge in [-0.3, -0.25) is 0 Å². The quantitative estimate of drug-likeness (QED) is 0.193. The zero-order chi connectivity index (χ0) is 32.7. The van der Waals surface area contributed by atoms with Crippen molar-refractivity contribution in [3.05, 3.63) is 175 Å². The maximum Gasteiger partial charge on any atom is 0.136 e. The summed E-state index contributed by atoms with van der Waals surface area (Å²) >= 11 is 0. The van der Waals surface area contributed by atoms with Crippen LogP contribution in [0.2, 0.25) is 0 Å². The molecule has 0 radical (unpaired) electrons. The van der Waals surface area contributed by atoms with Gasteiger partial charge in [0.25, 0.3) is 0 Å². The second-order valence-electron chi connectivity index (χ2n) is 13.8. The zero-order valence-corrected chi connectivity index (χ0v) is 27.4. The smallest absolute Gasteiger partial charge is 0.136 e. The van der Waals surface area contributed by atoms with Crippen LogP contribution >= 0.6 is 0 Å². The number of furan rings is 1. The Bertz CT molecular complexity index is 2740. The number of benzene rings is 8. The molecule has 1 aromatic heterocycles. The first-order valence-corrected chi connectivity index (χ1v) is 17.0. The lowest BCUT2D eigenvalue weighted by atomic mass is 9.82. The van der Waals surface area contributed by atoms with Gasteiger partial charge in [0.05, 0.1) is 5.69 Å². The van der Waals surface area contributed by atoms with Crippen molar-refractivity contribution in [3.8, 4) is 22.3 Å². The van der Waals surface area contributed by atoms with Crippen molar-refractivity contribution in [1.29, 1.82) is 0 Å². The molecule has 0 unspecified atom stereocenters. The van der Waals surface area contributed by atoms with Crippen LogP contribution < -0.4 is 4.90 Å². The molecule has 49 heavy (non-hydrogen) atoms. The van der Waals surface area contributed by atoms with Crippen molar-refractivity contribution < 1.29 is 4.42 Å². The number of rotatable bonds is 4. The number of nitrogens with zero attached hydrogens (tertiary/aromatic N) is 1. The van der Waals surface area contributed by atoms with Crippen LogP contribution in [0.15, 0.2) is 168 Å². The minimum Gasteiger partial charge on any atom is -0.456 e. The van der Waals surface area contributed by atoms with Gasteiger partial charge >= 0.3 is 0 Å². The van der Waals surface area contributed by atoms with Crippen molar-refractivity contribution in [2.45, 2.75) is 19.3 Å². The molecule has 10 rings (SSSR count). The van der Waals surface area contributed by atoms with E-state index in [1.807, 2.05) is 0 Å². The largest absolute Gasteiger partial charge is 0.456 e. The molecule has 9 aromatic rings. The molecule has 1 heterocycles. The van der Waals surface area contributed by atoms with Crippen molar-refractivity contribution >= 4 is 60.5 Å². The van der Waals surface area contributed by atoms with Crippen LogP contribution in [-0.4, -0.2) is 0 Å². The summed E-state index contributed by atoms with van der Waals surface area (Å²) < 4.78 is 6.30. The maximum absolute atomic E-state index is 6.30. The van der Waals surface area contributed by atoms with E-state index >= 15 is 0 Å². The molecule has 8 aromatic carbocycles. The normalized spacial score (nSPS) is 13.3. The Balaban J connectivity index is 1.10. The third-order valence-corrected chi connectivity index (χ3v) is 10.6. The van der Waals surface area contributed by atoms with E-state index in [0.717, 1.165) is 39.0 Å². The second kappa shape index (κ2) is 10.4. The highest BCUT2D eigenvalue weighted by Gasteiger charge is 2.35. The highest BCUT2D eigenvalue weighted by molar-refractivity contribution is 6.11. The van der Waals surface area contributed by atoms with Crippen LogP contribution in [-0.2, 0) is 5.41 Å². The Kier molecular flexibility index (Phi) is 5.95. The van der Waals surface area contributed by atoms with Crippen LogP contribution in [0.25, 0.3) is 65.7 Å². The highest BCUT2D eigenvalue weighted by atomic mass is 16.3. The van der Waals surface area contributed by atoms with Gasteiger partial charge in [0, 0.05) is 32.9 Å². The number of fused-ring (bicyclic) bond motifs is 8. The Morgan fingerprint density at radius 3 is 1.94 bits per heavy atom. The van der Waals surface area contributed by atoms with Crippen molar-refractivity contribution in [3.63, 3.8) is 0 Å². The van der Waals surface area contributed by atoms with Crippen molar-refractivity contribution in [2.24, 2.45) is 0 Å². The fraction of sp³-hybridized carbons (Fsp3) is 0.0638. The molecule has 0 amide bonds. The summed E-state index contributed by atoms with van der Waals surface area (Å²) in [5, 5.41) is 7.15. The molecular formula is C47H33NO. The number of anilines is 3. The molecule has 232 valence electrons. The van der Waals surface area contributed by atoms with Crippen LogP contribution in [0.3, 0.4) is 0 Å².